The number of hydrogen-bond acceptors (Lipinski definition) is 3. The van der Waals surface area contributed by atoms with Crippen LogP contribution in [0.1, 0.15) is 32.4 Å². The zero-order valence-electron chi connectivity index (χ0n) is 9.71. The quantitative estimate of drug-likeness (QED) is 0.822. The molecule has 3 nitrogen and oxygen atoms in total. The number of benzene rings is 1. The van der Waals surface area contributed by atoms with Crippen LogP contribution in [-0.2, 0) is 0 Å². The van der Waals surface area contributed by atoms with E-state index in [1.165, 1.54) is 0 Å². The third-order valence-corrected chi connectivity index (χ3v) is 3.09. The summed E-state index contributed by atoms with van der Waals surface area (Å²) >= 11 is 6.19. The van der Waals surface area contributed by atoms with Gasteiger partial charge in [0, 0.05) is 17.1 Å². The van der Waals surface area contributed by atoms with Gasteiger partial charge in [0.1, 0.15) is 0 Å². The number of hydrogen-bond donors (Lipinski definition) is 1. The lowest BCUT2D eigenvalue weighted by atomic mass is 9.83. The van der Waals surface area contributed by atoms with Crippen molar-refractivity contribution in [3.8, 4) is 11.5 Å². The lowest BCUT2D eigenvalue weighted by molar-refractivity contribution is 0.174. The molecule has 1 aliphatic heterocycles. The van der Waals surface area contributed by atoms with Crippen molar-refractivity contribution >= 4 is 11.6 Å². The average Bonchev–Trinajstić information content (AvgIpc) is 2.60. The van der Waals surface area contributed by atoms with Crippen LogP contribution in [0.15, 0.2) is 12.1 Å². The van der Waals surface area contributed by atoms with Gasteiger partial charge in [0.2, 0.25) is 6.79 Å². The van der Waals surface area contributed by atoms with Gasteiger partial charge in [-0.2, -0.15) is 0 Å². The Bertz CT molecular complexity index is 412. The van der Waals surface area contributed by atoms with Crippen LogP contribution in [0.5, 0.6) is 11.5 Å². The van der Waals surface area contributed by atoms with Gasteiger partial charge in [0.15, 0.2) is 11.5 Å². The van der Waals surface area contributed by atoms with Crippen molar-refractivity contribution in [2.45, 2.75) is 26.8 Å². The Morgan fingerprint density at radius 3 is 2.38 bits per heavy atom. The van der Waals surface area contributed by atoms with E-state index in [2.05, 4.69) is 20.8 Å². The summed E-state index contributed by atoms with van der Waals surface area (Å²) in [6.45, 7) is 6.50. The minimum Gasteiger partial charge on any atom is -0.454 e. The van der Waals surface area contributed by atoms with Gasteiger partial charge in [0.05, 0.1) is 0 Å². The van der Waals surface area contributed by atoms with Gasteiger partial charge in [0.25, 0.3) is 0 Å². The van der Waals surface area contributed by atoms with E-state index in [4.69, 9.17) is 26.8 Å². The largest absolute Gasteiger partial charge is 0.454 e. The van der Waals surface area contributed by atoms with E-state index in [0.717, 1.165) is 11.3 Å². The fourth-order valence-electron chi connectivity index (χ4n) is 1.64. The van der Waals surface area contributed by atoms with E-state index in [1.54, 1.807) is 6.07 Å². The summed E-state index contributed by atoms with van der Waals surface area (Å²) in [5.41, 5.74) is 7.04. The van der Waals surface area contributed by atoms with Crippen molar-refractivity contribution in [3.05, 3.63) is 22.7 Å². The summed E-state index contributed by atoms with van der Waals surface area (Å²) in [6, 6.07) is 3.51. The number of halogens is 1. The fraction of sp³-hybridized carbons (Fsp3) is 0.500. The van der Waals surface area contributed by atoms with Gasteiger partial charge in [-0.15, -0.1) is 0 Å². The highest BCUT2D eigenvalue weighted by Gasteiger charge is 2.27. The second kappa shape index (κ2) is 3.82. The second-order valence-corrected chi connectivity index (χ2v) is 5.48. The predicted octanol–water partition coefficient (Wildman–Crippen LogP) is 3.11. The van der Waals surface area contributed by atoms with Crippen LogP contribution in [0, 0.1) is 5.41 Å². The van der Waals surface area contributed by atoms with E-state index in [-0.39, 0.29) is 18.2 Å². The van der Waals surface area contributed by atoms with Crippen LogP contribution in [-0.4, -0.2) is 6.79 Å². The summed E-state index contributed by atoms with van der Waals surface area (Å²) in [5, 5.41) is 0.631. The smallest absolute Gasteiger partial charge is 0.231 e. The highest BCUT2D eigenvalue weighted by atomic mass is 35.5. The Labute approximate surface area is 100 Å². The number of fused-ring (bicyclic) bond motifs is 1. The van der Waals surface area contributed by atoms with Crippen LogP contribution >= 0.6 is 11.6 Å². The monoisotopic (exact) mass is 241 g/mol. The first-order chi connectivity index (χ1) is 7.39. The zero-order chi connectivity index (χ0) is 11.9. The van der Waals surface area contributed by atoms with Crippen LogP contribution in [0.25, 0.3) is 0 Å². The summed E-state index contributed by atoms with van der Waals surface area (Å²) in [4.78, 5) is 0. The maximum Gasteiger partial charge on any atom is 0.231 e. The molecule has 0 saturated heterocycles. The molecule has 4 heteroatoms. The van der Waals surface area contributed by atoms with E-state index < -0.39 is 0 Å². The molecule has 0 spiro atoms. The molecule has 1 aromatic rings. The Morgan fingerprint density at radius 1 is 1.25 bits per heavy atom. The van der Waals surface area contributed by atoms with Crippen LogP contribution in [0.3, 0.4) is 0 Å². The van der Waals surface area contributed by atoms with Crippen LogP contribution < -0.4 is 15.2 Å². The van der Waals surface area contributed by atoms with Crippen molar-refractivity contribution in [2.24, 2.45) is 11.1 Å². The molecule has 16 heavy (non-hydrogen) atoms. The Kier molecular flexibility index (Phi) is 2.76. The van der Waals surface area contributed by atoms with Crippen molar-refractivity contribution < 1.29 is 9.47 Å². The van der Waals surface area contributed by atoms with Gasteiger partial charge in [-0.05, 0) is 17.0 Å². The molecule has 0 bridgehead atoms. The van der Waals surface area contributed by atoms with Gasteiger partial charge in [-0.1, -0.05) is 32.4 Å². The molecular weight excluding hydrogens is 226 g/mol. The third-order valence-electron chi connectivity index (χ3n) is 2.76. The van der Waals surface area contributed by atoms with E-state index in [0.29, 0.717) is 10.8 Å². The minimum absolute atomic E-state index is 0.0443. The van der Waals surface area contributed by atoms with Gasteiger partial charge < -0.3 is 15.2 Å². The number of nitrogens with two attached hydrogens (primary N) is 1. The first-order valence-electron chi connectivity index (χ1n) is 5.24. The maximum atomic E-state index is 6.19. The Balaban J connectivity index is 2.42. The molecule has 2 rings (SSSR count). The molecule has 0 radical (unpaired) electrons. The van der Waals surface area contributed by atoms with Crippen LogP contribution in [0.2, 0.25) is 5.02 Å². The lowest BCUT2D eigenvalue weighted by Gasteiger charge is -2.28. The highest BCUT2D eigenvalue weighted by molar-refractivity contribution is 6.31. The molecular formula is C12H16ClNO2. The Hall–Kier alpha value is -0.930. The molecule has 1 aliphatic rings. The molecule has 0 aliphatic carbocycles. The lowest BCUT2D eigenvalue weighted by Crippen LogP contribution is -2.26. The first-order valence-corrected chi connectivity index (χ1v) is 5.62. The zero-order valence-corrected chi connectivity index (χ0v) is 10.5. The number of ether oxygens (including phenoxy) is 2. The van der Waals surface area contributed by atoms with Crippen molar-refractivity contribution in [3.63, 3.8) is 0 Å². The highest BCUT2D eigenvalue weighted by Crippen LogP contribution is 2.42. The van der Waals surface area contributed by atoms with Crippen molar-refractivity contribution in [1.29, 1.82) is 0 Å². The predicted molar refractivity (Wildman–Crippen MR) is 64.0 cm³/mol. The molecule has 0 saturated carbocycles. The average molecular weight is 242 g/mol. The molecule has 0 unspecified atom stereocenters. The molecule has 1 heterocycles. The van der Waals surface area contributed by atoms with Crippen LogP contribution in [0.4, 0.5) is 0 Å². The van der Waals surface area contributed by atoms with Crippen molar-refractivity contribution in [2.75, 3.05) is 6.79 Å². The molecule has 1 aromatic carbocycles. The van der Waals surface area contributed by atoms with E-state index >= 15 is 0 Å². The maximum absolute atomic E-state index is 6.19. The van der Waals surface area contributed by atoms with Gasteiger partial charge in [-0.3, -0.25) is 0 Å². The topological polar surface area (TPSA) is 44.5 Å². The van der Waals surface area contributed by atoms with Crippen molar-refractivity contribution in [1.82, 2.24) is 0 Å². The Morgan fingerprint density at radius 2 is 1.81 bits per heavy atom. The minimum atomic E-state index is -0.130. The molecule has 0 aromatic heterocycles. The van der Waals surface area contributed by atoms with E-state index in [1.807, 2.05) is 6.07 Å². The summed E-state index contributed by atoms with van der Waals surface area (Å²) in [7, 11) is 0. The normalized spacial score (nSPS) is 16.3. The van der Waals surface area contributed by atoms with Gasteiger partial charge in [-0.25, -0.2) is 0 Å². The molecule has 0 fully saturated rings. The van der Waals surface area contributed by atoms with E-state index in [9.17, 15) is 0 Å². The SMILES string of the molecule is CC(C)(C)[C@@H](N)c1cc2c(cc1Cl)OCO2. The third kappa shape index (κ3) is 1.97. The molecule has 1 atom stereocenters. The fourth-order valence-corrected chi connectivity index (χ4v) is 1.91. The number of rotatable bonds is 1. The first kappa shape index (κ1) is 11.6. The van der Waals surface area contributed by atoms with Gasteiger partial charge >= 0.3 is 0 Å². The molecule has 88 valence electrons. The summed E-state index contributed by atoms with van der Waals surface area (Å²) in [6.07, 6.45) is 0. The standard InChI is InChI=1S/C12H16ClNO2/c1-12(2,3)11(14)7-4-9-10(5-8(7)13)16-6-15-9/h4-5,11H,6,14H2,1-3H3/t11-/m0/s1. The summed E-state index contributed by atoms with van der Waals surface area (Å²) < 4.78 is 10.6. The molecule has 0 amide bonds. The summed E-state index contributed by atoms with van der Waals surface area (Å²) in [5.74, 6) is 1.41. The second-order valence-electron chi connectivity index (χ2n) is 5.07. The molecule has 2 N–H and O–H groups in total.